The standard InChI is InChI=1S/C34H40N4O7S/c1-22-18-38(23(2)21-39)34(40)29-12-9-13-30(36-46(41,42)33-24(3)35-45-25(33)4)32(29)44-31(22)20-37(5)19-26-14-16-28(17-15-26)43-27-10-7-6-8-11-27/h6-17,22-23,31,36,39H,18-21H2,1-5H3/t22-,23-,31-/m1/s1. The van der Waals surface area contributed by atoms with Crippen LogP contribution < -0.4 is 14.2 Å². The van der Waals surface area contributed by atoms with Crippen LogP contribution in [0.4, 0.5) is 5.69 Å². The van der Waals surface area contributed by atoms with Crippen molar-refractivity contribution in [1.82, 2.24) is 15.0 Å². The number of anilines is 1. The van der Waals surface area contributed by atoms with Gasteiger partial charge in [0.1, 0.15) is 23.3 Å². The van der Waals surface area contributed by atoms with E-state index in [1.807, 2.05) is 68.6 Å². The largest absolute Gasteiger partial charge is 0.486 e. The molecule has 3 atom stereocenters. The Balaban J connectivity index is 1.41. The molecule has 1 aromatic heterocycles. The number of nitrogens with one attached hydrogen (secondary N) is 1. The Bertz CT molecular complexity index is 1740. The monoisotopic (exact) mass is 648 g/mol. The summed E-state index contributed by atoms with van der Waals surface area (Å²) in [4.78, 5) is 17.5. The SMILES string of the molecule is Cc1noc(C)c1S(=O)(=O)Nc1cccc2c1O[C@H](CN(C)Cc1ccc(Oc3ccccc3)cc1)[C@H](C)CN([C@H](C)CO)C2=O. The number of ether oxygens (including phenoxy) is 2. The van der Waals surface area contributed by atoms with Crippen LogP contribution in [0, 0.1) is 19.8 Å². The van der Waals surface area contributed by atoms with Crippen LogP contribution in [-0.2, 0) is 16.6 Å². The minimum Gasteiger partial charge on any atom is -0.486 e. The van der Waals surface area contributed by atoms with Gasteiger partial charge in [0.25, 0.3) is 15.9 Å². The number of carbonyl (C=O) groups is 1. The number of sulfonamides is 1. The van der Waals surface area contributed by atoms with Crippen molar-refractivity contribution in [1.29, 1.82) is 0 Å². The Morgan fingerprint density at radius 3 is 2.41 bits per heavy atom. The van der Waals surface area contributed by atoms with E-state index in [0.717, 1.165) is 17.1 Å². The third-order valence-corrected chi connectivity index (χ3v) is 9.63. The molecule has 0 fully saturated rings. The Morgan fingerprint density at radius 1 is 1.07 bits per heavy atom. The van der Waals surface area contributed by atoms with Crippen LogP contribution in [0.25, 0.3) is 0 Å². The number of aryl methyl sites for hydroxylation is 2. The first kappa shape index (κ1) is 33.0. The van der Waals surface area contributed by atoms with Crippen molar-refractivity contribution in [2.45, 2.75) is 51.3 Å². The molecule has 0 spiro atoms. The number of aliphatic hydroxyl groups excluding tert-OH is 1. The number of para-hydroxylation sites is 2. The van der Waals surface area contributed by atoms with Gasteiger partial charge >= 0.3 is 0 Å². The molecule has 0 unspecified atom stereocenters. The van der Waals surface area contributed by atoms with Gasteiger partial charge in [-0.1, -0.05) is 48.5 Å². The molecule has 46 heavy (non-hydrogen) atoms. The number of aromatic nitrogens is 1. The normalized spacial score (nSPS) is 17.5. The molecule has 5 rings (SSSR count). The molecule has 244 valence electrons. The second-order valence-corrected chi connectivity index (χ2v) is 13.4. The topological polar surface area (TPSA) is 134 Å². The van der Waals surface area contributed by atoms with Crippen molar-refractivity contribution in [3.05, 3.63) is 95.4 Å². The Kier molecular flexibility index (Phi) is 10.00. The number of amides is 1. The fraction of sp³-hybridized carbons (Fsp3) is 0.353. The van der Waals surface area contributed by atoms with Gasteiger partial charge in [0.15, 0.2) is 16.4 Å². The molecule has 2 N–H and O–H groups in total. The van der Waals surface area contributed by atoms with Crippen LogP contribution in [0.2, 0.25) is 0 Å². The maximum absolute atomic E-state index is 13.8. The van der Waals surface area contributed by atoms with Gasteiger partial charge in [-0.05, 0) is 69.8 Å². The van der Waals surface area contributed by atoms with E-state index in [2.05, 4.69) is 14.8 Å². The van der Waals surface area contributed by atoms with Gasteiger partial charge in [-0.25, -0.2) is 8.42 Å². The fourth-order valence-electron chi connectivity index (χ4n) is 5.57. The summed E-state index contributed by atoms with van der Waals surface area (Å²) in [5.74, 6) is 1.26. The summed E-state index contributed by atoms with van der Waals surface area (Å²) in [5.41, 5.74) is 1.61. The molecule has 1 aliphatic rings. The van der Waals surface area contributed by atoms with E-state index < -0.39 is 22.2 Å². The molecule has 1 amide bonds. The van der Waals surface area contributed by atoms with Gasteiger partial charge in [0.2, 0.25) is 0 Å². The maximum atomic E-state index is 13.8. The average molecular weight is 649 g/mol. The van der Waals surface area contributed by atoms with Gasteiger partial charge in [0.05, 0.1) is 23.9 Å². The maximum Gasteiger partial charge on any atom is 0.267 e. The van der Waals surface area contributed by atoms with Crippen molar-refractivity contribution in [2.24, 2.45) is 5.92 Å². The van der Waals surface area contributed by atoms with E-state index in [-0.39, 0.29) is 51.8 Å². The Labute approximate surface area is 269 Å². The van der Waals surface area contributed by atoms with Crippen molar-refractivity contribution >= 4 is 21.6 Å². The first-order valence-electron chi connectivity index (χ1n) is 15.1. The van der Waals surface area contributed by atoms with Crippen LogP contribution in [0.1, 0.15) is 41.2 Å². The summed E-state index contributed by atoms with van der Waals surface area (Å²) in [6.07, 6.45) is -0.435. The molecule has 0 saturated carbocycles. The van der Waals surface area contributed by atoms with Crippen LogP contribution in [0.15, 0.2) is 82.2 Å². The van der Waals surface area contributed by atoms with Gasteiger partial charge in [-0.3, -0.25) is 14.4 Å². The van der Waals surface area contributed by atoms with Crippen molar-refractivity contribution in [3.63, 3.8) is 0 Å². The lowest BCUT2D eigenvalue weighted by atomic mass is 9.99. The highest BCUT2D eigenvalue weighted by molar-refractivity contribution is 7.92. The number of fused-ring (bicyclic) bond motifs is 1. The van der Waals surface area contributed by atoms with E-state index in [1.165, 1.54) is 6.92 Å². The predicted molar refractivity (Wildman–Crippen MR) is 174 cm³/mol. The zero-order valence-electron chi connectivity index (χ0n) is 26.6. The van der Waals surface area contributed by atoms with Gasteiger partial charge in [-0.15, -0.1) is 0 Å². The number of carbonyl (C=O) groups excluding carboxylic acids is 1. The lowest BCUT2D eigenvalue weighted by Gasteiger charge is -2.38. The lowest BCUT2D eigenvalue weighted by Crippen LogP contribution is -2.49. The van der Waals surface area contributed by atoms with E-state index in [4.69, 9.17) is 14.0 Å². The van der Waals surface area contributed by atoms with Crippen LogP contribution in [0.3, 0.4) is 0 Å². The lowest BCUT2D eigenvalue weighted by molar-refractivity contribution is 0.0344. The zero-order valence-corrected chi connectivity index (χ0v) is 27.5. The minimum atomic E-state index is -4.13. The molecule has 1 aliphatic heterocycles. The summed E-state index contributed by atoms with van der Waals surface area (Å²) in [6.45, 7) is 8.05. The molecule has 11 nitrogen and oxygen atoms in total. The molecule has 4 aromatic rings. The van der Waals surface area contributed by atoms with Crippen molar-refractivity contribution < 1.29 is 32.3 Å². The summed E-state index contributed by atoms with van der Waals surface area (Å²) >= 11 is 0. The van der Waals surface area contributed by atoms with Crippen molar-refractivity contribution in [2.75, 3.05) is 31.5 Å². The molecule has 12 heteroatoms. The highest BCUT2D eigenvalue weighted by atomic mass is 32.2. The van der Waals surface area contributed by atoms with Gasteiger partial charge < -0.3 is 24.0 Å². The van der Waals surface area contributed by atoms with Gasteiger partial charge in [-0.2, -0.15) is 0 Å². The summed E-state index contributed by atoms with van der Waals surface area (Å²) in [6, 6.07) is 21.8. The molecular formula is C34H40N4O7S. The summed E-state index contributed by atoms with van der Waals surface area (Å²) in [5, 5.41) is 13.8. The number of aliphatic hydroxyl groups is 1. The highest BCUT2D eigenvalue weighted by Gasteiger charge is 2.35. The Hall–Kier alpha value is -4.39. The Morgan fingerprint density at radius 2 is 1.76 bits per heavy atom. The van der Waals surface area contributed by atoms with E-state index >= 15 is 0 Å². The number of hydrogen-bond acceptors (Lipinski definition) is 9. The number of nitrogens with zero attached hydrogens (tertiary/aromatic N) is 3. The number of benzene rings is 3. The summed E-state index contributed by atoms with van der Waals surface area (Å²) in [7, 11) is -2.15. The number of hydrogen-bond donors (Lipinski definition) is 2. The van der Waals surface area contributed by atoms with E-state index in [1.54, 1.807) is 36.9 Å². The fourth-order valence-corrected chi connectivity index (χ4v) is 6.96. The third-order valence-electron chi connectivity index (χ3n) is 8.02. The van der Waals surface area contributed by atoms with Crippen molar-refractivity contribution in [3.8, 4) is 17.2 Å². The molecule has 0 bridgehead atoms. The second kappa shape index (κ2) is 13.9. The van der Waals surface area contributed by atoms with Crippen LogP contribution in [-0.4, -0.2) is 73.3 Å². The minimum absolute atomic E-state index is 0.0670. The summed E-state index contributed by atoms with van der Waals surface area (Å²) < 4.78 is 47.2. The van der Waals surface area contributed by atoms with E-state index in [0.29, 0.717) is 19.6 Å². The first-order valence-corrected chi connectivity index (χ1v) is 16.6. The molecule has 3 aromatic carbocycles. The van der Waals surface area contributed by atoms with Crippen LogP contribution in [0.5, 0.6) is 17.2 Å². The van der Waals surface area contributed by atoms with E-state index in [9.17, 15) is 18.3 Å². The number of likely N-dealkylation sites (N-methyl/N-ethyl adjacent to an activating group) is 1. The van der Waals surface area contributed by atoms with Gasteiger partial charge in [0, 0.05) is 25.6 Å². The molecule has 0 aliphatic carbocycles. The quantitative estimate of drug-likeness (QED) is 0.224. The predicted octanol–water partition coefficient (Wildman–Crippen LogP) is 5.24. The van der Waals surface area contributed by atoms with Crippen LogP contribution >= 0.6 is 0 Å². The average Bonchev–Trinajstić information content (AvgIpc) is 3.38. The highest BCUT2D eigenvalue weighted by Crippen LogP contribution is 2.37. The first-order chi connectivity index (χ1) is 22.0. The molecule has 0 radical (unpaired) electrons. The smallest absolute Gasteiger partial charge is 0.267 e. The molecule has 2 heterocycles. The number of rotatable bonds is 11. The molecule has 0 saturated heterocycles. The molecular weight excluding hydrogens is 608 g/mol. The second-order valence-electron chi connectivity index (χ2n) is 11.8. The third kappa shape index (κ3) is 7.35. The zero-order chi connectivity index (χ0) is 33.0.